The minimum Gasteiger partial charge on any atom is -0.355 e. The molecule has 0 amide bonds. The summed E-state index contributed by atoms with van der Waals surface area (Å²) in [5, 5.41) is 16.8. The molecular weight excluding hydrogens is 252 g/mol. The molecule has 0 bridgehead atoms. The van der Waals surface area contributed by atoms with E-state index in [2.05, 4.69) is 15.3 Å². The summed E-state index contributed by atoms with van der Waals surface area (Å²) in [4.78, 5) is 18.8. The summed E-state index contributed by atoms with van der Waals surface area (Å²) in [5.41, 5.74) is 0.602. The molecule has 0 spiro atoms. The van der Waals surface area contributed by atoms with E-state index in [4.69, 9.17) is 0 Å². The number of pyridine rings is 1. The third-order valence-corrected chi connectivity index (χ3v) is 3.44. The van der Waals surface area contributed by atoms with Crippen molar-refractivity contribution in [1.82, 2.24) is 9.97 Å². The van der Waals surface area contributed by atoms with E-state index in [1.54, 1.807) is 25.4 Å². The highest BCUT2D eigenvalue weighted by molar-refractivity contribution is 7.09. The fourth-order valence-electron chi connectivity index (χ4n) is 1.60. The normalized spacial score (nSPS) is 12.1. The predicted molar refractivity (Wildman–Crippen MR) is 69.8 cm³/mol. The minimum atomic E-state index is -0.417. The highest BCUT2D eigenvalue weighted by Crippen LogP contribution is 2.29. The second-order valence-electron chi connectivity index (χ2n) is 3.82. The second-order valence-corrected chi connectivity index (χ2v) is 4.74. The average molecular weight is 264 g/mol. The molecule has 0 radical (unpaired) electrons. The van der Waals surface area contributed by atoms with Crippen molar-refractivity contribution >= 4 is 22.8 Å². The Hall–Kier alpha value is -2.02. The molecule has 2 rings (SSSR count). The first-order chi connectivity index (χ1) is 8.59. The molecule has 2 aromatic rings. The number of nitrogens with one attached hydrogen (secondary N) is 1. The maximum absolute atomic E-state index is 11.0. The molecule has 0 saturated carbocycles. The maximum atomic E-state index is 11.0. The lowest BCUT2D eigenvalue weighted by Crippen LogP contribution is -2.10. The molecule has 18 heavy (non-hydrogen) atoms. The van der Waals surface area contributed by atoms with Crippen LogP contribution in [0.25, 0.3) is 0 Å². The number of hydrogen-bond acceptors (Lipinski definition) is 6. The van der Waals surface area contributed by atoms with Crippen LogP contribution in [0.1, 0.15) is 23.5 Å². The Bertz CT molecular complexity index is 556. The summed E-state index contributed by atoms with van der Waals surface area (Å²) < 4.78 is 0. The van der Waals surface area contributed by atoms with Gasteiger partial charge in [-0.25, -0.2) is 9.97 Å². The lowest BCUT2D eigenvalue weighted by atomic mass is 10.2. The van der Waals surface area contributed by atoms with Gasteiger partial charge in [-0.1, -0.05) is 0 Å². The van der Waals surface area contributed by atoms with Gasteiger partial charge in [-0.15, -0.1) is 11.3 Å². The molecule has 0 saturated heterocycles. The van der Waals surface area contributed by atoms with Crippen molar-refractivity contribution in [1.29, 1.82) is 0 Å². The van der Waals surface area contributed by atoms with Crippen LogP contribution in [-0.4, -0.2) is 14.9 Å². The molecule has 2 heterocycles. The Balaban J connectivity index is 2.29. The van der Waals surface area contributed by atoms with Gasteiger partial charge in [0.1, 0.15) is 5.01 Å². The summed E-state index contributed by atoms with van der Waals surface area (Å²) in [6.07, 6.45) is 3.26. The van der Waals surface area contributed by atoms with E-state index < -0.39 is 4.92 Å². The fraction of sp³-hybridized carbons (Fsp3) is 0.273. The lowest BCUT2D eigenvalue weighted by molar-refractivity contribution is -0.384. The van der Waals surface area contributed by atoms with Crippen LogP contribution in [0.5, 0.6) is 0 Å². The van der Waals surface area contributed by atoms with Gasteiger partial charge < -0.3 is 5.32 Å². The van der Waals surface area contributed by atoms with Crippen molar-refractivity contribution in [3.63, 3.8) is 0 Å². The molecule has 7 heteroatoms. The van der Waals surface area contributed by atoms with E-state index in [-0.39, 0.29) is 17.5 Å². The van der Waals surface area contributed by atoms with Gasteiger partial charge in [-0.05, 0) is 19.9 Å². The van der Waals surface area contributed by atoms with Crippen molar-refractivity contribution in [2.24, 2.45) is 0 Å². The van der Waals surface area contributed by atoms with E-state index in [9.17, 15) is 10.1 Å². The Morgan fingerprint density at radius 1 is 1.44 bits per heavy atom. The number of hydrogen-bond donors (Lipinski definition) is 1. The van der Waals surface area contributed by atoms with Gasteiger partial charge in [-0.2, -0.15) is 0 Å². The smallest absolute Gasteiger partial charge is 0.314 e. The number of aryl methyl sites for hydroxylation is 1. The van der Waals surface area contributed by atoms with Gasteiger partial charge in [0, 0.05) is 23.3 Å². The van der Waals surface area contributed by atoms with Gasteiger partial charge in [0.15, 0.2) is 0 Å². The zero-order valence-electron chi connectivity index (χ0n) is 9.95. The molecule has 1 atom stereocenters. The third kappa shape index (κ3) is 2.45. The van der Waals surface area contributed by atoms with E-state index in [0.29, 0.717) is 5.56 Å². The molecule has 0 fully saturated rings. The standard InChI is InChI=1S/C11H12N4O2S/c1-7-3-4-12-10(9(7)15(16)17)14-8(2)11-13-5-6-18-11/h3-6,8H,1-2H3,(H,12,14). The van der Waals surface area contributed by atoms with E-state index >= 15 is 0 Å². The Morgan fingerprint density at radius 3 is 2.83 bits per heavy atom. The number of thiazole rings is 1. The van der Waals surface area contributed by atoms with Crippen LogP contribution < -0.4 is 5.32 Å². The highest BCUT2D eigenvalue weighted by Gasteiger charge is 2.20. The quantitative estimate of drug-likeness (QED) is 0.678. The van der Waals surface area contributed by atoms with Crippen LogP contribution in [0.3, 0.4) is 0 Å². The number of rotatable bonds is 4. The maximum Gasteiger partial charge on any atom is 0.314 e. The van der Waals surface area contributed by atoms with Crippen molar-refractivity contribution in [2.45, 2.75) is 19.9 Å². The molecule has 94 valence electrons. The van der Waals surface area contributed by atoms with E-state index in [0.717, 1.165) is 5.01 Å². The number of aromatic nitrogens is 2. The van der Waals surface area contributed by atoms with Crippen LogP contribution in [0.2, 0.25) is 0 Å². The number of nitrogens with zero attached hydrogens (tertiary/aromatic N) is 3. The van der Waals surface area contributed by atoms with Crippen molar-refractivity contribution in [3.05, 3.63) is 44.5 Å². The summed E-state index contributed by atoms with van der Waals surface area (Å²) in [7, 11) is 0. The molecular formula is C11H12N4O2S. The summed E-state index contributed by atoms with van der Waals surface area (Å²) in [5.74, 6) is 0.280. The van der Waals surface area contributed by atoms with Crippen LogP contribution in [0.15, 0.2) is 23.8 Å². The van der Waals surface area contributed by atoms with E-state index in [1.165, 1.54) is 11.3 Å². The summed E-state index contributed by atoms with van der Waals surface area (Å²) in [6, 6.07) is 1.51. The lowest BCUT2D eigenvalue weighted by Gasteiger charge is -2.12. The van der Waals surface area contributed by atoms with Crippen molar-refractivity contribution in [2.75, 3.05) is 5.32 Å². The zero-order chi connectivity index (χ0) is 13.1. The fourth-order valence-corrected chi connectivity index (χ4v) is 2.25. The molecule has 0 aliphatic carbocycles. The first-order valence-corrected chi connectivity index (χ1v) is 6.23. The van der Waals surface area contributed by atoms with Gasteiger partial charge in [0.2, 0.25) is 5.82 Å². The molecule has 0 aliphatic rings. The van der Waals surface area contributed by atoms with Gasteiger partial charge in [0.25, 0.3) is 0 Å². The zero-order valence-corrected chi connectivity index (χ0v) is 10.8. The van der Waals surface area contributed by atoms with Gasteiger partial charge in [-0.3, -0.25) is 10.1 Å². The summed E-state index contributed by atoms with van der Waals surface area (Å²) in [6.45, 7) is 3.59. The molecule has 6 nitrogen and oxygen atoms in total. The van der Waals surface area contributed by atoms with E-state index in [1.807, 2.05) is 12.3 Å². The Kier molecular flexibility index (Phi) is 3.52. The van der Waals surface area contributed by atoms with Crippen LogP contribution in [0.4, 0.5) is 11.5 Å². The highest BCUT2D eigenvalue weighted by atomic mass is 32.1. The van der Waals surface area contributed by atoms with Crippen molar-refractivity contribution < 1.29 is 4.92 Å². The molecule has 1 unspecified atom stereocenters. The first kappa shape index (κ1) is 12.4. The number of nitro groups is 1. The monoisotopic (exact) mass is 264 g/mol. The Labute approximate surface area is 108 Å². The topological polar surface area (TPSA) is 81.0 Å². The van der Waals surface area contributed by atoms with Crippen molar-refractivity contribution in [3.8, 4) is 0 Å². The molecule has 2 aromatic heterocycles. The van der Waals surface area contributed by atoms with Crippen LogP contribution >= 0.6 is 11.3 Å². The predicted octanol–water partition coefficient (Wildman–Crippen LogP) is 2.93. The Morgan fingerprint density at radius 2 is 2.22 bits per heavy atom. The van der Waals surface area contributed by atoms with Crippen LogP contribution in [-0.2, 0) is 0 Å². The van der Waals surface area contributed by atoms with Crippen LogP contribution in [0, 0.1) is 17.0 Å². The SMILES string of the molecule is Cc1ccnc(NC(C)c2nccs2)c1[N+](=O)[O-]. The molecule has 1 N–H and O–H groups in total. The van der Waals surface area contributed by atoms with Gasteiger partial charge >= 0.3 is 5.69 Å². The minimum absolute atomic E-state index is 0.0147. The first-order valence-electron chi connectivity index (χ1n) is 5.35. The largest absolute Gasteiger partial charge is 0.355 e. The third-order valence-electron chi connectivity index (χ3n) is 2.48. The summed E-state index contributed by atoms with van der Waals surface area (Å²) >= 11 is 1.50. The number of anilines is 1. The second kappa shape index (κ2) is 5.09. The average Bonchev–Trinajstić information content (AvgIpc) is 2.81. The van der Waals surface area contributed by atoms with Gasteiger partial charge in [0.05, 0.1) is 11.0 Å². The molecule has 0 aliphatic heterocycles. The molecule has 0 aromatic carbocycles.